The number of rotatable bonds is 0. The molecule has 0 aliphatic heterocycles. The van der Waals surface area contributed by atoms with Crippen LogP contribution >= 0.6 is 0 Å². The molecule has 2 aromatic carbocycles. The van der Waals surface area contributed by atoms with Gasteiger partial charge in [-0.3, -0.25) is 0 Å². The lowest BCUT2D eigenvalue weighted by molar-refractivity contribution is 1.06. The molecule has 0 atom stereocenters. The molecule has 0 nitrogen and oxygen atoms in total. The molecule has 0 fully saturated rings. The Labute approximate surface area is 109 Å². The Bertz CT molecular complexity index is 599. The van der Waals surface area contributed by atoms with Gasteiger partial charge < -0.3 is 0 Å². The second kappa shape index (κ2) is 4.45. The fourth-order valence-corrected chi connectivity index (χ4v) is 2.86. The zero-order chi connectivity index (χ0) is 12.5. The zero-order valence-electron chi connectivity index (χ0n) is 11.0. The number of aryl methyl sites for hydroxylation is 2. The average molecular weight is 234 g/mol. The van der Waals surface area contributed by atoms with E-state index in [9.17, 15) is 0 Å². The second-order valence-corrected chi connectivity index (χ2v) is 5.01. The van der Waals surface area contributed by atoms with Crippen LogP contribution in [0.25, 0.3) is 22.9 Å². The van der Waals surface area contributed by atoms with Gasteiger partial charge in [0.2, 0.25) is 0 Å². The van der Waals surface area contributed by atoms with Gasteiger partial charge in [-0.15, -0.1) is 0 Å². The second-order valence-electron chi connectivity index (χ2n) is 5.01. The Morgan fingerprint density at radius 3 is 1.61 bits per heavy atom. The minimum atomic E-state index is 1.14. The molecule has 1 aliphatic rings. The zero-order valence-corrected chi connectivity index (χ0v) is 11.0. The van der Waals surface area contributed by atoms with Gasteiger partial charge in [0.05, 0.1) is 0 Å². The normalized spacial score (nSPS) is 17.9. The summed E-state index contributed by atoms with van der Waals surface area (Å²) in [6.07, 6.45) is 11.5. The highest BCUT2D eigenvalue weighted by Crippen LogP contribution is 2.32. The molecule has 0 unspecified atom stereocenters. The van der Waals surface area contributed by atoms with Crippen molar-refractivity contribution < 1.29 is 0 Å². The summed E-state index contributed by atoms with van der Waals surface area (Å²) < 4.78 is 0. The van der Waals surface area contributed by atoms with E-state index in [-0.39, 0.29) is 0 Å². The lowest BCUT2D eigenvalue weighted by atomic mass is 9.89. The highest BCUT2D eigenvalue weighted by Gasteiger charge is 2.11. The van der Waals surface area contributed by atoms with E-state index >= 15 is 0 Å². The molecule has 1 aliphatic carbocycles. The van der Waals surface area contributed by atoms with Crippen molar-refractivity contribution in [1.82, 2.24) is 0 Å². The fraction of sp³-hybridized carbons (Fsp3) is 0.222. The summed E-state index contributed by atoms with van der Waals surface area (Å²) in [4.78, 5) is 0. The molecule has 0 saturated carbocycles. The van der Waals surface area contributed by atoms with Gasteiger partial charge in [-0.05, 0) is 59.7 Å². The number of benzene rings is 2. The Morgan fingerprint density at radius 1 is 0.722 bits per heavy atom. The van der Waals surface area contributed by atoms with Gasteiger partial charge in [0.1, 0.15) is 0 Å². The van der Waals surface area contributed by atoms with Crippen LogP contribution in [0.15, 0.2) is 36.4 Å². The lowest BCUT2D eigenvalue weighted by Crippen LogP contribution is -1.95. The summed E-state index contributed by atoms with van der Waals surface area (Å²) in [6, 6.07) is 8.72. The van der Waals surface area contributed by atoms with E-state index in [1.165, 1.54) is 33.0 Å². The number of hydrogen-bond acceptors (Lipinski definition) is 0. The van der Waals surface area contributed by atoms with Crippen LogP contribution in [0.1, 0.15) is 35.1 Å². The summed E-state index contributed by atoms with van der Waals surface area (Å²) >= 11 is 0. The maximum absolute atomic E-state index is 2.30. The minimum Gasteiger partial charge on any atom is -0.0836 e. The van der Waals surface area contributed by atoms with Crippen LogP contribution in [-0.2, 0) is 0 Å². The molecule has 0 aromatic heterocycles. The Balaban J connectivity index is 2.45. The first-order chi connectivity index (χ1) is 8.79. The number of fused-ring (bicyclic) bond motifs is 2. The summed E-state index contributed by atoms with van der Waals surface area (Å²) in [5.41, 5.74) is 5.58. The van der Waals surface area contributed by atoms with Crippen LogP contribution in [0.5, 0.6) is 0 Å². The van der Waals surface area contributed by atoms with E-state index in [0.717, 1.165) is 12.8 Å². The third-order valence-electron chi connectivity index (χ3n) is 3.90. The van der Waals surface area contributed by atoms with Crippen molar-refractivity contribution in [3.8, 4) is 0 Å². The van der Waals surface area contributed by atoms with Crippen molar-refractivity contribution in [2.24, 2.45) is 0 Å². The standard InChI is InChI=1S/C18H18/c1-13-15-9-5-3-4-6-10-16(15)14(2)18-12-8-7-11-17(13)18/h5-12H,3-4H2,1-2H3/b9-5-,10-6-. The maximum Gasteiger partial charge on any atom is -0.0146 e. The Morgan fingerprint density at radius 2 is 1.17 bits per heavy atom. The third kappa shape index (κ3) is 1.69. The molecule has 0 N–H and O–H groups in total. The number of hydrogen-bond donors (Lipinski definition) is 0. The first kappa shape index (κ1) is 11.3. The molecule has 0 amide bonds. The molecule has 0 heteroatoms. The molecule has 90 valence electrons. The van der Waals surface area contributed by atoms with Crippen molar-refractivity contribution >= 4 is 22.9 Å². The SMILES string of the molecule is Cc1c2c(c(C)c3ccccc13)/C=C\CC/C=C\2. The summed E-state index contributed by atoms with van der Waals surface area (Å²) in [5, 5.41) is 2.76. The van der Waals surface area contributed by atoms with E-state index in [1.54, 1.807) is 0 Å². The van der Waals surface area contributed by atoms with Crippen LogP contribution < -0.4 is 0 Å². The van der Waals surface area contributed by atoms with Crippen LogP contribution in [-0.4, -0.2) is 0 Å². The number of allylic oxidation sites excluding steroid dienone is 2. The molecule has 0 heterocycles. The van der Waals surface area contributed by atoms with Gasteiger partial charge in [-0.1, -0.05) is 48.6 Å². The first-order valence-electron chi connectivity index (χ1n) is 6.64. The summed E-state index contributed by atoms with van der Waals surface area (Å²) in [6.45, 7) is 4.47. The van der Waals surface area contributed by atoms with E-state index < -0.39 is 0 Å². The van der Waals surface area contributed by atoms with Crippen LogP contribution in [0.3, 0.4) is 0 Å². The monoisotopic (exact) mass is 234 g/mol. The molecular weight excluding hydrogens is 216 g/mol. The Hall–Kier alpha value is -1.82. The molecular formula is C18H18. The molecule has 0 radical (unpaired) electrons. The topological polar surface area (TPSA) is 0 Å². The van der Waals surface area contributed by atoms with Gasteiger partial charge in [0, 0.05) is 0 Å². The van der Waals surface area contributed by atoms with Crippen molar-refractivity contribution in [3.63, 3.8) is 0 Å². The van der Waals surface area contributed by atoms with Gasteiger partial charge in [-0.2, -0.15) is 0 Å². The van der Waals surface area contributed by atoms with Crippen molar-refractivity contribution in [2.75, 3.05) is 0 Å². The van der Waals surface area contributed by atoms with Gasteiger partial charge in [-0.25, -0.2) is 0 Å². The van der Waals surface area contributed by atoms with Crippen LogP contribution in [0.4, 0.5) is 0 Å². The predicted molar refractivity (Wildman–Crippen MR) is 80.7 cm³/mol. The maximum atomic E-state index is 2.30. The average Bonchev–Trinajstić information content (AvgIpc) is 2.36. The van der Waals surface area contributed by atoms with Crippen molar-refractivity contribution in [1.29, 1.82) is 0 Å². The summed E-state index contributed by atoms with van der Waals surface area (Å²) in [5.74, 6) is 0. The predicted octanol–water partition coefficient (Wildman–Crippen LogP) is 5.28. The van der Waals surface area contributed by atoms with E-state index in [0.29, 0.717) is 0 Å². The summed E-state index contributed by atoms with van der Waals surface area (Å²) in [7, 11) is 0. The molecule has 3 rings (SSSR count). The van der Waals surface area contributed by atoms with E-state index in [4.69, 9.17) is 0 Å². The molecule has 18 heavy (non-hydrogen) atoms. The minimum absolute atomic E-state index is 1.14. The van der Waals surface area contributed by atoms with Crippen molar-refractivity contribution in [3.05, 3.63) is 58.7 Å². The third-order valence-corrected chi connectivity index (χ3v) is 3.90. The van der Waals surface area contributed by atoms with Crippen LogP contribution in [0, 0.1) is 13.8 Å². The molecule has 2 aromatic rings. The molecule has 0 saturated heterocycles. The molecule has 0 spiro atoms. The Kier molecular flexibility index (Phi) is 2.79. The largest absolute Gasteiger partial charge is 0.0836 e. The van der Waals surface area contributed by atoms with E-state index in [2.05, 4.69) is 62.4 Å². The van der Waals surface area contributed by atoms with Gasteiger partial charge >= 0.3 is 0 Å². The first-order valence-corrected chi connectivity index (χ1v) is 6.64. The van der Waals surface area contributed by atoms with Crippen LogP contribution in [0.2, 0.25) is 0 Å². The van der Waals surface area contributed by atoms with Crippen molar-refractivity contribution in [2.45, 2.75) is 26.7 Å². The van der Waals surface area contributed by atoms with E-state index in [1.807, 2.05) is 0 Å². The highest BCUT2D eigenvalue weighted by atomic mass is 14.1. The van der Waals surface area contributed by atoms with Gasteiger partial charge in [0.25, 0.3) is 0 Å². The molecule has 0 bridgehead atoms. The lowest BCUT2D eigenvalue weighted by Gasteiger charge is -2.16. The quantitative estimate of drug-likeness (QED) is 0.582. The van der Waals surface area contributed by atoms with Gasteiger partial charge in [0.15, 0.2) is 0 Å². The highest BCUT2D eigenvalue weighted by molar-refractivity contribution is 5.95. The fourth-order valence-electron chi connectivity index (χ4n) is 2.86. The smallest absolute Gasteiger partial charge is 0.0146 e.